The maximum Gasteiger partial charge on any atom is 0.317 e. The van der Waals surface area contributed by atoms with E-state index in [2.05, 4.69) is 33.7 Å². The first-order valence-electron chi connectivity index (χ1n) is 13.9. The highest BCUT2D eigenvalue weighted by Gasteiger charge is 2.22. The normalized spacial score (nSPS) is 16.0. The highest BCUT2D eigenvalue weighted by atomic mass is 19.1. The standard InChI is InChI=1S/C13H18N4O5.C7H16N2O.C6H3FN2O4/c1-14-4-6-15(7-5-14)8-9-22-13-3-2-11(16(18)19)10-12(13)17(20)21;1-8-2-4-9(5-3-8)6-7-10;7-5-2-1-4(8(10)11)3-6(5)9(12)13/h2-3,10H,4-9H2,1H3;10H,2-7H2,1H3;1-3H. The Labute approximate surface area is 257 Å². The number of hydrogen-bond donors (Lipinski definition) is 1. The largest absolute Gasteiger partial charge is 0.485 e. The fraction of sp³-hybridized carbons (Fsp3) is 0.538. The Hall–Kier alpha value is -4.43. The number of nitro groups is 4. The Morgan fingerprint density at radius 2 is 1.13 bits per heavy atom. The molecule has 0 aromatic heterocycles. The van der Waals surface area contributed by atoms with Crippen LogP contribution in [-0.4, -0.2) is 137 Å². The van der Waals surface area contributed by atoms with Gasteiger partial charge >= 0.3 is 11.4 Å². The topological polar surface area (TPSA) is 215 Å². The Balaban J connectivity index is 0.000000259. The Morgan fingerprint density at radius 1 is 0.689 bits per heavy atom. The molecule has 4 rings (SSSR count). The lowest BCUT2D eigenvalue weighted by Gasteiger charge is -2.32. The minimum Gasteiger partial charge on any atom is -0.485 e. The average Bonchev–Trinajstić information content (AvgIpc) is 3.00. The molecule has 2 aromatic rings. The number of aliphatic hydroxyl groups excluding tert-OH is 1. The maximum absolute atomic E-state index is 12.6. The molecule has 0 unspecified atom stereocenters. The predicted molar refractivity (Wildman–Crippen MR) is 160 cm³/mol. The molecule has 0 amide bonds. The van der Waals surface area contributed by atoms with Crippen molar-refractivity contribution in [2.24, 2.45) is 0 Å². The average molecular weight is 641 g/mol. The first kappa shape index (κ1) is 36.8. The van der Waals surface area contributed by atoms with E-state index in [1.54, 1.807) is 0 Å². The third-order valence-corrected chi connectivity index (χ3v) is 6.96. The van der Waals surface area contributed by atoms with Crippen molar-refractivity contribution in [2.45, 2.75) is 0 Å². The van der Waals surface area contributed by atoms with Crippen LogP contribution >= 0.6 is 0 Å². The summed E-state index contributed by atoms with van der Waals surface area (Å²) >= 11 is 0. The molecular formula is C26H37FN8O10. The van der Waals surface area contributed by atoms with E-state index >= 15 is 0 Å². The van der Waals surface area contributed by atoms with Gasteiger partial charge in [-0.15, -0.1) is 0 Å². The Bertz CT molecular complexity index is 1300. The van der Waals surface area contributed by atoms with Crippen molar-refractivity contribution in [3.63, 3.8) is 0 Å². The summed E-state index contributed by atoms with van der Waals surface area (Å²) in [6, 6.07) is 5.54. The van der Waals surface area contributed by atoms with Gasteiger partial charge in [0.25, 0.3) is 11.4 Å². The quantitative estimate of drug-likeness (QED) is 0.290. The molecule has 0 spiro atoms. The van der Waals surface area contributed by atoms with Crippen molar-refractivity contribution >= 4 is 22.7 Å². The second-order valence-corrected chi connectivity index (χ2v) is 10.2. The first-order valence-corrected chi connectivity index (χ1v) is 13.9. The first-order chi connectivity index (χ1) is 21.3. The molecule has 1 N–H and O–H groups in total. The van der Waals surface area contributed by atoms with E-state index < -0.39 is 36.9 Å². The number of piperazine rings is 2. The third-order valence-electron chi connectivity index (χ3n) is 6.96. The number of halogens is 1. The van der Waals surface area contributed by atoms with Gasteiger partial charge in [-0.25, -0.2) is 0 Å². The Kier molecular flexibility index (Phi) is 15.0. The van der Waals surface area contributed by atoms with Crippen LogP contribution in [0.1, 0.15) is 0 Å². The lowest BCUT2D eigenvalue weighted by atomic mass is 10.2. The van der Waals surface area contributed by atoms with Gasteiger partial charge in [0, 0.05) is 77.6 Å². The minimum absolute atomic E-state index is 0.0599. The SMILES string of the molecule is CN1CCN(CCO)CC1.CN1CCN(CCOc2ccc([N+](=O)[O-])cc2[N+](=O)[O-])CC1.O=[N+]([O-])c1ccc(F)c([N+](=O)[O-])c1. The van der Waals surface area contributed by atoms with Gasteiger partial charge in [0.2, 0.25) is 5.82 Å². The van der Waals surface area contributed by atoms with Gasteiger partial charge in [0.05, 0.1) is 38.4 Å². The van der Waals surface area contributed by atoms with E-state index in [0.29, 0.717) is 31.9 Å². The van der Waals surface area contributed by atoms with Crippen LogP contribution in [0.25, 0.3) is 0 Å². The van der Waals surface area contributed by atoms with Crippen LogP contribution in [0.5, 0.6) is 5.75 Å². The molecule has 18 nitrogen and oxygen atoms in total. The highest BCUT2D eigenvalue weighted by Crippen LogP contribution is 2.31. The molecule has 2 aliphatic heterocycles. The smallest absolute Gasteiger partial charge is 0.317 e. The molecule has 0 bridgehead atoms. The van der Waals surface area contributed by atoms with Gasteiger partial charge in [-0.1, -0.05) is 0 Å². The number of nitro benzene ring substituents is 4. The zero-order valence-corrected chi connectivity index (χ0v) is 25.0. The molecule has 0 atom stereocenters. The summed E-state index contributed by atoms with van der Waals surface area (Å²) in [5.41, 5.74) is -2.10. The van der Waals surface area contributed by atoms with Gasteiger partial charge in [0.15, 0.2) is 5.75 Å². The molecule has 0 aliphatic carbocycles. The van der Waals surface area contributed by atoms with E-state index in [4.69, 9.17) is 9.84 Å². The molecule has 45 heavy (non-hydrogen) atoms. The second-order valence-electron chi connectivity index (χ2n) is 10.2. The Morgan fingerprint density at radius 3 is 1.58 bits per heavy atom. The zero-order chi connectivity index (χ0) is 33.5. The van der Waals surface area contributed by atoms with Crippen LogP contribution in [0.2, 0.25) is 0 Å². The summed E-state index contributed by atoms with van der Waals surface area (Å²) in [7, 11) is 4.20. The van der Waals surface area contributed by atoms with Crippen LogP contribution in [0, 0.1) is 46.3 Å². The van der Waals surface area contributed by atoms with E-state index in [9.17, 15) is 44.8 Å². The highest BCUT2D eigenvalue weighted by molar-refractivity contribution is 5.53. The van der Waals surface area contributed by atoms with Gasteiger partial charge in [-0.2, -0.15) is 4.39 Å². The molecule has 0 saturated carbocycles. The minimum atomic E-state index is -1.09. The lowest BCUT2D eigenvalue weighted by Crippen LogP contribution is -2.45. The van der Waals surface area contributed by atoms with E-state index in [-0.39, 0.29) is 17.1 Å². The van der Waals surface area contributed by atoms with E-state index in [0.717, 1.165) is 71.0 Å². The zero-order valence-electron chi connectivity index (χ0n) is 25.0. The van der Waals surface area contributed by atoms with Crippen molar-refractivity contribution < 1.29 is 33.9 Å². The molecule has 2 aromatic carbocycles. The fourth-order valence-electron chi connectivity index (χ4n) is 4.21. The van der Waals surface area contributed by atoms with Gasteiger partial charge in [-0.3, -0.25) is 50.3 Å². The summed E-state index contributed by atoms with van der Waals surface area (Å²) in [5.74, 6) is -1.03. The summed E-state index contributed by atoms with van der Waals surface area (Å²) in [4.78, 5) is 47.8. The van der Waals surface area contributed by atoms with Crippen LogP contribution < -0.4 is 4.74 Å². The number of rotatable bonds is 10. The number of likely N-dealkylation sites (N-methyl/N-ethyl adjacent to an activating group) is 2. The number of benzene rings is 2. The molecular weight excluding hydrogens is 603 g/mol. The van der Waals surface area contributed by atoms with Gasteiger partial charge in [0.1, 0.15) is 6.61 Å². The number of non-ortho nitro benzene ring substituents is 2. The molecule has 2 heterocycles. The third kappa shape index (κ3) is 12.6. The molecule has 2 aliphatic rings. The van der Waals surface area contributed by atoms with Crippen molar-refractivity contribution in [3.05, 3.63) is 82.7 Å². The second kappa shape index (κ2) is 18.4. The fourth-order valence-corrected chi connectivity index (χ4v) is 4.21. The predicted octanol–water partition coefficient (Wildman–Crippen LogP) is 2.00. The number of aliphatic hydroxyl groups is 1. The van der Waals surface area contributed by atoms with Crippen molar-refractivity contribution in [3.8, 4) is 5.75 Å². The summed E-state index contributed by atoms with van der Waals surface area (Å²) < 4.78 is 18.1. The number of ether oxygens (including phenoxy) is 1. The monoisotopic (exact) mass is 640 g/mol. The van der Waals surface area contributed by atoms with Crippen molar-refractivity contribution in [2.75, 3.05) is 92.8 Å². The number of nitrogens with zero attached hydrogens (tertiary/aromatic N) is 8. The molecule has 248 valence electrons. The van der Waals surface area contributed by atoms with Crippen LogP contribution in [0.3, 0.4) is 0 Å². The van der Waals surface area contributed by atoms with Crippen LogP contribution in [-0.2, 0) is 0 Å². The van der Waals surface area contributed by atoms with Crippen LogP contribution in [0.4, 0.5) is 27.1 Å². The van der Waals surface area contributed by atoms with E-state index in [1.807, 2.05) is 0 Å². The van der Waals surface area contributed by atoms with Gasteiger partial charge < -0.3 is 19.6 Å². The molecule has 19 heteroatoms. The molecule has 2 saturated heterocycles. The number of β-amino-alcohol motifs (C(OH)–C–C–N with tert-alkyl or cyclic N) is 1. The summed E-state index contributed by atoms with van der Waals surface area (Å²) in [5, 5.41) is 50.6. The van der Waals surface area contributed by atoms with Crippen molar-refractivity contribution in [1.29, 1.82) is 0 Å². The molecule has 2 fully saturated rings. The van der Waals surface area contributed by atoms with Gasteiger partial charge in [-0.05, 0) is 26.2 Å². The summed E-state index contributed by atoms with van der Waals surface area (Å²) in [6.45, 7) is 10.4. The number of hydrogen-bond acceptors (Lipinski definition) is 14. The lowest BCUT2D eigenvalue weighted by molar-refractivity contribution is -0.395. The van der Waals surface area contributed by atoms with Crippen molar-refractivity contribution in [1.82, 2.24) is 19.6 Å². The van der Waals surface area contributed by atoms with Crippen LogP contribution in [0.15, 0.2) is 36.4 Å². The maximum atomic E-state index is 12.6. The van der Waals surface area contributed by atoms with E-state index in [1.165, 1.54) is 12.1 Å². The molecule has 0 radical (unpaired) electrons. The summed E-state index contributed by atoms with van der Waals surface area (Å²) in [6.07, 6.45) is 0.